The molecule has 4 heteroatoms. The maximum absolute atomic E-state index is 11.5. The predicted octanol–water partition coefficient (Wildman–Crippen LogP) is 0.265. The number of rotatable bonds is 5. The third-order valence-corrected chi connectivity index (χ3v) is 2.14. The van der Waals surface area contributed by atoms with Gasteiger partial charge in [-0.3, -0.25) is 4.79 Å². The molecule has 0 fully saturated rings. The molecule has 0 aromatic rings. The molecule has 1 amide bonds. The largest absolute Gasteiger partial charge is 0.370 e. The Hall–Kier alpha value is -0.610. The van der Waals surface area contributed by atoms with E-state index in [9.17, 15) is 4.79 Å². The normalized spacial score (nSPS) is 13.9. The van der Waals surface area contributed by atoms with Crippen molar-refractivity contribution in [3.63, 3.8) is 0 Å². The summed E-state index contributed by atoms with van der Waals surface area (Å²) in [7, 11) is 1.48. The minimum absolute atomic E-state index is 0.142. The quantitative estimate of drug-likeness (QED) is 0.650. The van der Waals surface area contributed by atoms with Gasteiger partial charge in [-0.2, -0.15) is 0 Å². The molecule has 0 aliphatic rings. The molecular weight excluding hydrogens is 168 g/mol. The summed E-state index contributed by atoms with van der Waals surface area (Å²) >= 11 is 0. The first kappa shape index (κ1) is 12.4. The molecule has 0 aromatic heterocycles. The first-order chi connectivity index (χ1) is 5.96. The van der Waals surface area contributed by atoms with Crippen molar-refractivity contribution in [3.05, 3.63) is 0 Å². The molecule has 13 heavy (non-hydrogen) atoms. The van der Waals surface area contributed by atoms with E-state index in [0.717, 1.165) is 6.42 Å². The summed E-state index contributed by atoms with van der Waals surface area (Å²) in [6.07, 6.45) is 0.338. The van der Waals surface area contributed by atoms with Gasteiger partial charge in [-0.25, -0.2) is 0 Å². The minimum Gasteiger partial charge on any atom is -0.370 e. The van der Waals surface area contributed by atoms with Crippen LogP contribution in [0.15, 0.2) is 0 Å². The highest BCUT2D eigenvalue weighted by Crippen LogP contribution is 2.07. The lowest BCUT2D eigenvalue weighted by atomic mass is 10.0. The van der Waals surface area contributed by atoms with Crippen LogP contribution in [0, 0.1) is 0 Å². The Bertz CT molecular complexity index is 165. The van der Waals surface area contributed by atoms with Crippen LogP contribution < -0.4 is 11.1 Å². The third kappa shape index (κ3) is 4.24. The molecule has 0 spiro atoms. The molecule has 1 unspecified atom stereocenters. The molecule has 3 N–H and O–H groups in total. The molecule has 0 aromatic carbocycles. The van der Waals surface area contributed by atoms with Gasteiger partial charge in [-0.05, 0) is 20.3 Å². The summed E-state index contributed by atoms with van der Waals surface area (Å²) in [6, 6.07) is 0. The fraction of sp³-hybridized carbons (Fsp3) is 0.889. The Labute approximate surface area is 79.8 Å². The first-order valence-electron chi connectivity index (χ1n) is 4.51. The maximum Gasteiger partial charge on any atom is 0.250 e. The van der Waals surface area contributed by atoms with E-state index in [2.05, 4.69) is 5.32 Å². The highest BCUT2D eigenvalue weighted by atomic mass is 16.5. The zero-order chi connectivity index (χ0) is 10.5. The Morgan fingerprint density at radius 3 is 2.46 bits per heavy atom. The Morgan fingerprint density at radius 2 is 2.15 bits per heavy atom. The third-order valence-electron chi connectivity index (χ3n) is 2.14. The predicted molar refractivity (Wildman–Crippen MR) is 52.4 cm³/mol. The van der Waals surface area contributed by atoms with E-state index in [-0.39, 0.29) is 18.0 Å². The van der Waals surface area contributed by atoms with E-state index in [1.807, 2.05) is 20.8 Å². The fourth-order valence-electron chi connectivity index (χ4n) is 0.813. The number of ether oxygens (including phenoxy) is 1. The van der Waals surface area contributed by atoms with Crippen molar-refractivity contribution in [2.75, 3.05) is 13.7 Å². The van der Waals surface area contributed by atoms with Gasteiger partial charge in [-0.15, -0.1) is 0 Å². The fourth-order valence-corrected chi connectivity index (χ4v) is 0.813. The second-order valence-electron chi connectivity index (χ2n) is 3.69. The molecule has 0 heterocycles. The summed E-state index contributed by atoms with van der Waals surface area (Å²) in [4.78, 5) is 11.5. The number of amides is 1. The van der Waals surface area contributed by atoms with Gasteiger partial charge >= 0.3 is 0 Å². The second-order valence-corrected chi connectivity index (χ2v) is 3.69. The number of hydrogen-bond acceptors (Lipinski definition) is 3. The molecule has 0 bridgehead atoms. The molecule has 0 saturated heterocycles. The molecular formula is C9H20N2O2. The number of hydrogen-bond donors (Lipinski definition) is 2. The molecule has 0 rings (SSSR count). The standard InChI is InChI=1S/C9H20N2O2/c1-5-9(2,3)11-8(12)7(6-10)13-4/h7H,5-6,10H2,1-4H3,(H,11,12). The van der Waals surface area contributed by atoms with Crippen molar-refractivity contribution >= 4 is 5.91 Å². The number of carbonyl (C=O) groups excluding carboxylic acids is 1. The van der Waals surface area contributed by atoms with E-state index < -0.39 is 6.10 Å². The molecule has 0 radical (unpaired) electrons. The summed E-state index contributed by atoms with van der Waals surface area (Å²) in [5.41, 5.74) is 5.17. The number of carbonyl (C=O) groups is 1. The summed E-state index contributed by atoms with van der Waals surface area (Å²) in [5.74, 6) is -0.142. The number of methoxy groups -OCH3 is 1. The van der Waals surface area contributed by atoms with Gasteiger partial charge < -0.3 is 15.8 Å². The lowest BCUT2D eigenvalue weighted by Gasteiger charge is -2.26. The monoisotopic (exact) mass is 188 g/mol. The van der Waals surface area contributed by atoms with E-state index in [0.29, 0.717) is 0 Å². The Morgan fingerprint density at radius 1 is 1.62 bits per heavy atom. The van der Waals surface area contributed by atoms with Gasteiger partial charge in [0.1, 0.15) is 6.10 Å². The van der Waals surface area contributed by atoms with E-state index in [1.165, 1.54) is 7.11 Å². The SMILES string of the molecule is CCC(C)(C)NC(=O)C(CN)OC. The Kier molecular flexibility index (Phi) is 4.95. The van der Waals surface area contributed by atoms with Gasteiger partial charge in [0, 0.05) is 19.2 Å². The van der Waals surface area contributed by atoms with Crippen molar-refractivity contribution < 1.29 is 9.53 Å². The van der Waals surface area contributed by atoms with Crippen molar-refractivity contribution in [1.82, 2.24) is 5.32 Å². The Balaban J connectivity index is 4.13. The lowest BCUT2D eigenvalue weighted by molar-refractivity contribution is -0.132. The van der Waals surface area contributed by atoms with Gasteiger partial charge in [0.25, 0.3) is 5.91 Å². The number of nitrogens with two attached hydrogens (primary N) is 1. The van der Waals surface area contributed by atoms with Crippen LogP contribution >= 0.6 is 0 Å². The molecule has 0 saturated carbocycles. The van der Waals surface area contributed by atoms with Gasteiger partial charge in [0.2, 0.25) is 0 Å². The lowest BCUT2D eigenvalue weighted by Crippen LogP contribution is -2.49. The average molecular weight is 188 g/mol. The minimum atomic E-state index is -0.536. The van der Waals surface area contributed by atoms with E-state index in [4.69, 9.17) is 10.5 Å². The van der Waals surface area contributed by atoms with Crippen molar-refractivity contribution in [2.24, 2.45) is 5.73 Å². The molecule has 78 valence electrons. The van der Waals surface area contributed by atoms with Gasteiger partial charge in [0.15, 0.2) is 0 Å². The molecule has 0 aliphatic heterocycles. The van der Waals surface area contributed by atoms with E-state index in [1.54, 1.807) is 0 Å². The highest BCUT2D eigenvalue weighted by Gasteiger charge is 2.23. The summed E-state index contributed by atoms with van der Waals surface area (Å²) in [6.45, 7) is 6.16. The topological polar surface area (TPSA) is 64.4 Å². The summed E-state index contributed by atoms with van der Waals surface area (Å²) < 4.78 is 4.91. The molecule has 0 aliphatic carbocycles. The van der Waals surface area contributed by atoms with Crippen LogP contribution in [-0.2, 0) is 9.53 Å². The van der Waals surface area contributed by atoms with Crippen molar-refractivity contribution in [1.29, 1.82) is 0 Å². The average Bonchev–Trinajstić information content (AvgIpc) is 2.06. The van der Waals surface area contributed by atoms with Crippen LogP contribution in [0.3, 0.4) is 0 Å². The number of nitrogens with one attached hydrogen (secondary N) is 1. The van der Waals surface area contributed by atoms with Crippen LogP contribution in [0.25, 0.3) is 0 Å². The molecule has 4 nitrogen and oxygen atoms in total. The van der Waals surface area contributed by atoms with Crippen LogP contribution in [0.5, 0.6) is 0 Å². The van der Waals surface area contributed by atoms with Crippen LogP contribution in [0.1, 0.15) is 27.2 Å². The van der Waals surface area contributed by atoms with Crippen LogP contribution in [-0.4, -0.2) is 31.2 Å². The zero-order valence-electron chi connectivity index (χ0n) is 8.89. The summed E-state index contributed by atoms with van der Waals surface area (Å²) in [5, 5.41) is 2.86. The molecule has 1 atom stereocenters. The van der Waals surface area contributed by atoms with Crippen LogP contribution in [0.4, 0.5) is 0 Å². The van der Waals surface area contributed by atoms with Crippen molar-refractivity contribution in [2.45, 2.75) is 38.8 Å². The van der Waals surface area contributed by atoms with E-state index >= 15 is 0 Å². The first-order valence-corrected chi connectivity index (χ1v) is 4.51. The smallest absolute Gasteiger partial charge is 0.250 e. The maximum atomic E-state index is 11.5. The van der Waals surface area contributed by atoms with Gasteiger partial charge in [0.05, 0.1) is 0 Å². The second kappa shape index (κ2) is 5.19. The highest BCUT2D eigenvalue weighted by molar-refractivity contribution is 5.81. The van der Waals surface area contributed by atoms with Crippen molar-refractivity contribution in [3.8, 4) is 0 Å². The zero-order valence-corrected chi connectivity index (χ0v) is 8.89. The van der Waals surface area contributed by atoms with Gasteiger partial charge in [-0.1, -0.05) is 6.92 Å². The van der Waals surface area contributed by atoms with Crippen LogP contribution in [0.2, 0.25) is 0 Å².